The Morgan fingerprint density at radius 3 is 2.73 bits per heavy atom. The first kappa shape index (κ1) is 22.3. The number of carbonyl (C=O) groups is 1. The summed E-state index contributed by atoms with van der Waals surface area (Å²) in [6.45, 7) is 2.27. The Hall–Kier alpha value is -3.95. The summed E-state index contributed by atoms with van der Waals surface area (Å²) in [7, 11) is 1.64. The van der Waals surface area contributed by atoms with Crippen molar-refractivity contribution in [1.82, 2.24) is 25.1 Å². The van der Waals surface area contributed by atoms with Crippen LogP contribution < -0.4 is 4.74 Å². The van der Waals surface area contributed by atoms with Crippen molar-refractivity contribution in [2.45, 2.75) is 19.6 Å². The lowest BCUT2D eigenvalue weighted by molar-refractivity contribution is -0.137. The van der Waals surface area contributed by atoms with Crippen molar-refractivity contribution in [3.8, 4) is 17.0 Å². The molecule has 7 nitrogen and oxygen atoms in total. The molecule has 3 aromatic heterocycles. The Balaban J connectivity index is 1.63. The SMILES string of the molecule is CCOc1cc(C(=O)N(C)Cc2cncc3cn[nH]c23)cnc1-c1cccc(C(F)(F)F)c1. The highest BCUT2D eigenvalue weighted by Gasteiger charge is 2.31. The molecule has 33 heavy (non-hydrogen) atoms. The molecule has 4 aromatic rings. The standard InChI is InChI=1S/C23H20F3N5O2/c1-3-33-19-8-15(11-28-21(19)14-5-4-6-18(7-14)23(24,25)26)22(32)31(2)13-17-10-27-9-16-12-29-30-20(16)17/h4-12H,3,13H2,1-2H3,(H,29,30). The van der Waals surface area contributed by atoms with E-state index in [4.69, 9.17) is 4.74 Å². The van der Waals surface area contributed by atoms with E-state index >= 15 is 0 Å². The van der Waals surface area contributed by atoms with Crippen LogP contribution in [0.3, 0.4) is 0 Å². The number of rotatable bonds is 6. The lowest BCUT2D eigenvalue weighted by atomic mass is 10.1. The molecule has 0 atom stereocenters. The third-order valence-electron chi connectivity index (χ3n) is 5.05. The molecular weight excluding hydrogens is 435 g/mol. The molecule has 4 rings (SSSR count). The first-order valence-corrected chi connectivity index (χ1v) is 10.1. The summed E-state index contributed by atoms with van der Waals surface area (Å²) in [5.74, 6) is -0.0935. The van der Waals surface area contributed by atoms with Crippen LogP contribution in [0, 0.1) is 0 Å². The van der Waals surface area contributed by atoms with Gasteiger partial charge in [-0.15, -0.1) is 0 Å². The van der Waals surface area contributed by atoms with Gasteiger partial charge in [-0.2, -0.15) is 18.3 Å². The zero-order valence-corrected chi connectivity index (χ0v) is 17.8. The van der Waals surface area contributed by atoms with Crippen LogP contribution in [0.5, 0.6) is 5.75 Å². The van der Waals surface area contributed by atoms with Crippen LogP contribution in [0.4, 0.5) is 13.2 Å². The summed E-state index contributed by atoms with van der Waals surface area (Å²) in [4.78, 5) is 23.0. The normalized spacial score (nSPS) is 11.5. The molecule has 1 N–H and O–H groups in total. The third kappa shape index (κ3) is 4.64. The van der Waals surface area contributed by atoms with Gasteiger partial charge in [0, 0.05) is 48.7 Å². The lowest BCUT2D eigenvalue weighted by Gasteiger charge is -2.19. The van der Waals surface area contributed by atoms with Gasteiger partial charge in [-0.05, 0) is 25.1 Å². The maximum absolute atomic E-state index is 13.1. The fourth-order valence-corrected chi connectivity index (χ4v) is 3.48. The van der Waals surface area contributed by atoms with Gasteiger partial charge in [0.2, 0.25) is 0 Å². The second-order valence-electron chi connectivity index (χ2n) is 7.38. The number of nitrogens with one attached hydrogen (secondary N) is 1. The van der Waals surface area contributed by atoms with Crippen LogP contribution in [0.1, 0.15) is 28.4 Å². The Morgan fingerprint density at radius 1 is 1.15 bits per heavy atom. The fourth-order valence-electron chi connectivity index (χ4n) is 3.48. The average Bonchev–Trinajstić information content (AvgIpc) is 3.28. The summed E-state index contributed by atoms with van der Waals surface area (Å²) in [6, 6.07) is 6.33. The monoisotopic (exact) mass is 455 g/mol. The van der Waals surface area contributed by atoms with Gasteiger partial charge in [-0.1, -0.05) is 12.1 Å². The minimum atomic E-state index is -4.48. The maximum atomic E-state index is 13.1. The number of hydrogen-bond donors (Lipinski definition) is 1. The van der Waals surface area contributed by atoms with Crippen LogP contribution in [-0.2, 0) is 12.7 Å². The number of fused-ring (bicyclic) bond motifs is 1. The van der Waals surface area contributed by atoms with E-state index in [1.165, 1.54) is 29.3 Å². The predicted octanol–water partition coefficient (Wildman–Crippen LogP) is 4.71. The molecule has 0 saturated carbocycles. The number of nitrogens with zero attached hydrogens (tertiary/aromatic N) is 4. The molecule has 0 spiro atoms. The second kappa shape index (κ2) is 8.89. The smallest absolute Gasteiger partial charge is 0.416 e. The van der Waals surface area contributed by atoms with Gasteiger partial charge in [-0.3, -0.25) is 19.9 Å². The number of alkyl halides is 3. The van der Waals surface area contributed by atoms with Crippen LogP contribution in [0.15, 0.2) is 55.1 Å². The number of aromatic amines is 1. The van der Waals surface area contributed by atoms with Gasteiger partial charge in [0.1, 0.15) is 11.4 Å². The number of ether oxygens (including phenoxy) is 1. The van der Waals surface area contributed by atoms with E-state index in [0.29, 0.717) is 0 Å². The van der Waals surface area contributed by atoms with Crippen molar-refractivity contribution in [3.63, 3.8) is 0 Å². The minimum Gasteiger partial charge on any atom is -0.492 e. The van der Waals surface area contributed by atoms with Crippen LogP contribution in [0.25, 0.3) is 22.2 Å². The fraction of sp³-hybridized carbons (Fsp3) is 0.217. The molecule has 0 bridgehead atoms. The largest absolute Gasteiger partial charge is 0.492 e. The number of halogens is 3. The van der Waals surface area contributed by atoms with Crippen LogP contribution in [0.2, 0.25) is 0 Å². The molecule has 0 aliphatic carbocycles. The molecule has 1 aromatic carbocycles. The van der Waals surface area contributed by atoms with E-state index in [-0.39, 0.29) is 41.6 Å². The molecule has 1 amide bonds. The lowest BCUT2D eigenvalue weighted by Crippen LogP contribution is -2.26. The van der Waals surface area contributed by atoms with Crippen molar-refractivity contribution in [2.24, 2.45) is 0 Å². The highest BCUT2D eigenvalue weighted by Crippen LogP contribution is 2.35. The van der Waals surface area contributed by atoms with Gasteiger partial charge in [0.25, 0.3) is 5.91 Å². The summed E-state index contributed by atoms with van der Waals surface area (Å²) >= 11 is 0. The van der Waals surface area contributed by atoms with Gasteiger partial charge < -0.3 is 9.64 Å². The zero-order valence-electron chi connectivity index (χ0n) is 17.8. The van der Waals surface area contributed by atoms with Crippen LogP contribution >= 0.6 is 0 Å². The van der Waals surface area contributed by atoms with Gasteiger partial charge in [0.15, 0.2) is 0 Å². The van der Waals surface area contributed by atoms with Gasteiger partial charge >= 0.3 is 6.18 Å². The summed E-state index contributed by atoms with van der Waals surface area (Å²) in [6.07, 6.45) is 1.84. The highest BCUT2D eigenvalue weighted by atomic mass is 19.4. The molecule has 0 unspecified atom stereocenters. The molecule has 170 valence electrons. The number of pyridine rings is 2. The summed E-state index contributed by atoms with van der Waals surface area (Å²) in [5.41, 5.74) is 1.52. The topological polar surface area (TPSA) is 84.0 Å². The quantitative estimate of drug-likeness (QED) is 0.455. The molecule has 0 aliphatic rings. The Labute approximate surface area is 187 Å². The number of H-pyrrole nitrogens is 1. The minimum absolute atomic E-state index is 0.230. The molecule has 0 saturated heterocycles. The summed E-state index contributed by atoms with van der Waals surface area (Å²) < 4.78 is 45.0. The Kier molecular flexibility index (Phi) is 5.99. The Morgan fingerprint density at radius 2 is 1.97 bits per heavy atom. The predicted molar refractivity (Wildman–Crippen MR) is 116 cm³/mol. The maximum Gasteiger partial charge on any atom is 0.416 e. The van der Waals surface area contributed by atoms with E-state index in [1.807, 2.05) is 0 Å². The van der Waals surface area contributed by atoms with Crippen molar-refractivity contribution in [1.29, 1.82) is 0 Å². The van der Waals surface area contributed by atoms with Crippen molar-refractivity contribution in [2.75, 3.05) is 13.7 Å². The average molecular weight is 455 g/mol. The van der Waals surface area contributed by atoms with Crippen molar-refractivity contribution >= 4 is 16.8 Å². The Bertz CT molecular complexity index is 1300. The number of hydrogen-bond acceptors (Lipinski definition) is 5. The van der Waals surface area contributed by atoms with Gasteiger partial charge in [-0.25, -0.2) is 0 Å². The molecule has 0 fully saturated rings. The van der Waals surface area contributed by atoms with Crippen molar-refractivity contribution in [3.05, 3.63) is 71.8 Å². The van der Waals surface area contributed by atoms with E-state index in [1.54, 1.807) is 32.6 Å². The van der Waals surface area contributed by atoms with E-state index in [9.17, 15) is 18.0 Å². The van der Waals surface area contributed by atoms with Crippen LogP contribution in [-0.4, -0.2) is 44.6 Å². The van der Waals surface area contributed by atoms with E-state index in [2.05, 4.69) is 20.2 Å². The molecular formula is C23H20F3N5O2. The number of aromatic nitrogens is 4. The first-order valence-electron chi connectivity index (χ1n) is 10.1. The number of benzene rings is 1. The molecule has 0 aliphatic heterocycles. The van der Waals surface area contributed by atoms with E-state index < -0.39 is 11.7 Å². The number of amides is 1. The molecule has 3 heterocycles. The van der Waals surface area contributed by atoms with Crippen molar-refractivity contribution < 1.29 is 22.7 Å². The number of carbonyl (C=O) groups excluding carboxylic acids is 1. The third-order valence-corrected chi connectivity index (χ3v) is 5.05. The first-order chi connectivity index (χ1) is 15.8. The summed E-state index contributed by atoms with van der Waals surface area (Å²) in [5, 5.41) is 7.73. The molecule has 10 heteroatoms. The van der Waals surface area contributed by atoms with Gasteiger partial charge in [0.05, 0.1) is 29.4 Å². The second-order valence-corrected chi connectivity index (χ2v) is 7.38. The highest BCUT2D eigenvalue weighted by molar-refractivity contribution is 5.95. The molecule has 0 radical (unpaired) electrons. The zero-order chi connectivity index (χ0) is 23.6. The van der Waals surface area contributed by atoms with E-state index in [0.717, 1.165) is 28.6 Å².